The molecule has 0 aromatic carbocycles. The molecule has 2 unspecified atom stereocenters. The van der Waals surface area contributed by atoms with Crippen molar-refractivity contribution in [2.24, 2.45) is 11.8 Å². The molecule has 17 heavy (non-hydrogen) atoms. The maximum atomic E-state index is 4.40. The fourth-order valence-electron chi connectivity index (χ4n) is 2.09. The van der Waals surface area contributed by atoms with Crippen LogP contribution in [0.1, 0.15) is 39.9 Å². The van der Waals surface area contributed by atoms with Crippen molar-refractivity contribution in [2.45, 2.75) is 53.1 Å². The van der Waals surface area contributed by atoms with Gasteiger partial charge in [0.1, 0.15) is 12.2 Å². The number of hydrogen-bond acceptors (Lipinski definition) is 3. The lowest BCUT2D eigenvalue weighted by Crippen LogP contribution is -2.32. The van der Waals surface area contributed by atoms with E-state index in [1.54, 1.807) is 6.33 Å². The second-order valence-electron chi connectivity index (χ2n) is 5.20. The zero-order valence-electron chi connectivity index (χ0n) is 11.8. The Morgan fingerprint density at radius 3 is 2.59 bits per heavy atom. The van der Waals surface area contributed by atoms with Crippen LogP contribution in [0.25, 0.3) is 0 Å². The highest BCUT2D eigenvalue weighted by Gasteiger charge is 2.17. The molecule has 0 amide bonds. The normalized spacial score (nSPS) is 15.2. The largest absolute Gasteiger partial charge is 0.317 e. The number of nitrogens with zero attached hydrogens (tertiary/aromatic N) is 3. The first-order valence-electron chi connectivity index (χ1n) is 6.62. The Kier molecular flexibility index (Phi) is 5.62. The van der Waals surface area contributed by atoms with Crippen molar-refractivity contribution < 1.29 is 0 Å². The van der Waals surface area contributed by atoms with Crippen LogP contribution in [0, 0.1) is 11.8 Å². The van der Waals surface area contributed by atoms with Gasteiger partial charge in [0.25, 0.3) is 0 Å². The third-order valence-corrected chi connectivity index (χ3v) is 3.37. The average molecular weight is 238 g/mol. The second kappa shape index (κ2) is 6.74. The topological polar surface area (TPSA) is 42.7 Å². The summed E-state index contributed by atoms with van der Waals surface area (Å²) in [5, 5.41) is 7.65. The maximum absolute atomic E-state index is 4.40. The van der Waals surface area contributed by atoms with Gasteiger partial charge in [0, 0.05) is 19.0 Å². The van der Waals surface area contributed by atoms with E-state index in [-0.39, 0.29) is 0 Å². The van der Waals surface area contributed by atoms with Crippen LogP contribution in [0.15, 0.2) is 6.33 Å². The third-order valence-electron chi connectivity index (χ3n) is 3.37. The molecule has 4 heteroatoms. The first kappa shape index (κ1) is 14.2. The fourth-order valence-corrected chi connectivity index (χ4v) is 2.09. The van der Waals surface area contributed by atoms with Crippen LogP contribution >= 0.6 is 0 Å². The average Bonchev–Trinajstić information content (AvgIpc) is 2.71. The lowest BCUT2D eigenvalue weighted by Gasteiger charge is -2.22. The molecule has 0 saturated carbocycles. The van der Waals surface area contributed by atoms with Gasteiger partial charge in [0.15, 0.2) is 0 Å². The van der Waals surface area contributed by atoms with Crippen molar-refractivity contribution in [3.05, 3.63) is 12.2 Å². The van der Waals surface area contributed by atoms with Crippen LogP contribution in [0.4, 0.5) is 0 Å². The SMILES string of the molecule is CCC(Cc1ncnn1CC(C)C)C(C)NC. The molecule has 2 atom stereocenters. The molecule has 0 aliphatic heterocycles. The van der Waals surface area contributed by atoms with Crippen LogP contribution in [-0.4, -0.2) is 27.9 Å². The van der Waals surface area contributed by atoms with Crippen LogP contribution in [0.3, 0.4) is 0 Å². The van der Waals surface area contributed by atoms with Gasteiger partial charge in [0.2, 0.25) is 0 Å². The molecule has 0 fully saturated rings. The molecule has 0 spiro atoms. The molecule has 1 aromatic heterocycles. The first-order chi connectivity index (χ1) is 8.08. The number of hydrogen-bond donors (Lipinski definition) is 1. The van der Waals surface area contributed by atoms with Crippen molar-refractivity contribution in [1.82, 2.24) is 20.1 Å². The van der Waals surface area contributed by atoms with Crippen LogP contribution < -0.4 is 5.32 Å². The molecule has 0 bridgehead atoms. The molecule has 98 valence electrons. The first-order valence-corrected chi connectivity index (χ1v) is 6.62. The Balaban J connectivity index is 2.69. The monoisotopic (exact) mass is 238 g/mol. The van der Waals surface area contributed by atoms with Gasteiger partial charge in [-0.15, -0.1) is 0 Å². The van der Waals surface area contributed by atoms with Crippen molar-refractivity contribution in [2.75, 3.05) is 7.05 Å². The van der Waals surface area contributed by atoms with Crippen LogP contribution in [-0.2, 0) is 13.0 Å². The Morgan fingerprint density at radius 2 is 2.06 bits per heavy atom. The van der Waals surface area contributed by atoms with Gasteiger partial charge in [-0.2, -0.15) is 5.10 Å². The molecular weight excluding hydrogens is 212 g/mol. The lowest BCUT2D eigenvalue weighted by molar-refractivity contribution is 0.361. The highest BCUT2D eigenvalue weighted by Crippen LogP contribution is 2.15. The zero-order chi connectivity index (χ0) is 12.8. The van der Waals surface area contributed by atoms with Gasteiger partial charge in [-0.1, -0.05) is 27.2 Å². The van der Waals surface area contributed by atoms with Gasteiger partial charge in [-0.3, -0.25) is 0 Å². The number of nitrogens with one attached hydrogen (secondary N) is 1. The molecule has 0 aliphatic rings. The van der Waals surface area contributed by atoms with Gasteiger partial charge in [-0.25, -0.2) is 9.67 Å². The predicted molar refractivity (Wildman–Crippen MR) is 70.9 cm³/mol. The maximum Gasteiger partial charge on any atom is 0.138 e. The summed E-state index contributed by atoms with van der Waals surface area (Å²) in [7, 11) is 2.02. The van der Waals surface area contributed by atoms with E-state index in [1.165, 1.54) is 0 Å². The minimum absolute atomic E-state index is 0.518. The molecule has 0 radical (unpaired) electrons. The summed E-state index contributed by atoms with van der Waals surface area (Å²) in [6.45, 7) is 9.84. The summed E-state index contributed by atoms with van der Waals surface area (Å²) in [5.41, 5.74) is 0. The Labute approximate surface area is 105 Å². The minimum atomic E-state index is 0.518. The summed E-state index contributed by atoms with van der Waals surface area (Å²) in [6, 6.07) is 0.518. The molecule has 0 saturated heterocycles. The van der Waals surface area contributed by atoms with Crippen molar-refractivity contribution in [3.63, 3.8) is 0 Å². The van der Waals surface area contributed by atoms with E-state index in [0.717, 1.165) is 25.2 Å². The number of aromatic nitrogens is 3. The summed E-state index contributed by atoms with van der Waals surface area (Å²) in [5.74, 6) is 2.35. The van der Waals surface area contributed by atoms with E-state index in [2.05, 4.69) is 47.8 Å². The van der Waals surface area contributed by atoms with E-state index < -0.39 is 0 Å². The van der Waals surface area contributed by atoms with E-state index in [4.69, 9.17) is 0 Å². The van der Waals surface area contributed by atoms with E-state index in [0.29, 0.717) is 17.9 Å². The van der Waals surface area contributed by atoms with E-state index in [9.17, 15) is 0 Å². The summed E-state index contributed by atoms with van der Waals surface area (Å²) < 4.78 is 2.05. The van der Waals surface area contributed by atoms with Crippen LogP contribution in [0.5, 0.6) is 0 Å². The molecule has 1 N–H and O–H groups in total. The van der Waals surface area contributed by atoms with Gasteiger partial charge < -0.3 is 5.32 Å². The van der Waals surface area contributed by atoms with Gasteiger partial charge >= 0.3 is 0 Å². The third kappa shape index (κ3) is 4.11. The Morgan fingerprint density at radius 1 is 1.35 bits per heavy atom. The van der Waals surface area contributed by atoms with Crippen LogP contribution in [0.2, 0.25) is 0 Å². The molecule has 4 nitrogen and oxygen atoms in total. The van der Waals surface area contributed by atoms with Crippen molar-refractivity contribution in [1.29, 1.82) is 0 Å². The second-order valence-corrected chi connectivity index (χ2v) is 5.20. The smallest absolute Gasteiger partial charge is 0.138 e. The Bertz CT molecular complexity index is 319. The predicted octanol–water partition coefficient (Wildman–Crippen LogP) is 2.11. The van der Waals surface area contributed by atoms with E-state index >= 15 is 0 Å². The Hall–Kier alpha value is -0.900. The molecule has 1 rings (SSSR count). The standard InChI is InChI=1S/C13H26N4/c1-6-12(11(4)14-5)7-13-15-9-16-17(13)8-10(2)3/h9-12,14H,6-8H2,1-5H3. The minimum Gasteiger partial charge on any atom is -0.317 e. The molecule has 0 aliphatic carbocycles. The van der Waals surface area contributed by atoms with E-state index in [1.807, 2.05) is 7.05 Å². The summed E-state index contributed by atoms with van der Waals surface area (Å²) in [4.78, 5) is 4.40. The van der Waals surface area contributed by atoms with Gasteiger partial charge in [0.05, 0.1) is 0 Å². The van der Waals surface area contributed by atoms with Crippen molar-refractivity contribution in [3.8, 4) is 0 Å². The molecular formula is C13H26N4. The summed E-state index contributed by atoms with van der Waals surface area (Å²) in [6.07, 6.45) is 3.84. The van der Waals surface area contributed by atoms with Crippen molar-refractivity contribution >= 4 is 0 Å². The lowest BCUT2D eigenvalue weighted by atomic mass is 9.94. The quantitative estimate of drug-likeness (QED) is 0.791. The fraction of sp³-hybridized carbons (Fsp3) is 0.846. The molecule has 1 heterocycles. The zero-order valence-corrected chi connectivity index (χ0v) is 11.8. The van der Waals surface area contributed by atoms with Gasteiger partial charge in [-0.05, 0) is 25.8 Å². The molecule has 1 aromatic rings. The highest BCUT2D eigenvalue weighted by molar-refractivity contribution is 4.89. The highest BCUT2D eigenvalue weighted by atomic mass is 15.3. The number of rotatable bonds is 7. The summed E-state index contributed by atoms with van der Waals surface area (Å²) >= 11 is 0.